The molecular weight excluding hydrogens is 376 g/mol. The normalized spacial score (nSPS) is 26.6. The van der Waals surface area contributed by atoms with Crippen LogP contribution in [0.5, 0.6) is 5.75 Å². The molecule has 0 heterocycles. The maximum absolute atomic E-state index is 6.08. The van der Waals surface area contributed by atoms with Crippen LogP contribution in [0.25, 0.3) is 0 Å². The van der Waals surface area contributed by atoms with Gasteiger partial charge in [0.1, 0.15) is 5.75 Å². The van der Waals surface area contributed by atoms with Gasteiger partial charge in [-0.1, -0.05) is 96.6 Å². The Labute approximate surface area is 193 Å². The zero-order valence-electron chi connectivity index (χ0n) is 20.8. The van der Waals surface area contributed by atoms with Crippen LogP contribution in [-0.4, -0.2) is 6.61 Å². The fraction of sp³-hybridized carbons (Fsp3) is 0.800. The van der Waals surface area contributed by atoms with Crippen LogP contribution < -0.4 is 4.74 Å². The molecule has 0 N–H and O–H groups in total. The van der Waals surface area contributed by atoms with E-state index in [4.69, 9.17) is 4.74 Å². The molecule has 0 radical (unpaired) electrons. The van der Waals surface area contributed by atoms with Crippen molar-refractivity contribution < 1.29 is 4.74 Å². The molecule has 1 nitrogen and oxygen atoms in total. The highest BCUT2D eigenvalue weighted by Crippen LogP contribution is 2.37. The van der Waals surface area contributed by atoms with Gasteiger partial charge in [-0.05, 0) is 79.9 Å². The van der Waals surface area contributed by atoms with Gasteiger partial charge < -0.3 is 4.74 Å². The lowest BCUT2D eigenvalue weighted by atomic mass is 9.78. The molecule has 0 aliphatic heterocycles. The molecule has 0 spiro atoms. The molecule has 31 heavy (non-hydrogen) atoms. The van der Waals surface area contributed by atoms with Crippen molar-refractivity contribution in [1.82, 2.24) is 0 Å². The third-order valence-electron chi connectivity index (χ3n) is 8.48. The lowest BCUT2D eigenvalue weighted by molar-refractivity contribution is 0.228. The summed E-state index contributed by atoms with van der Waals surface area (Å²) >= 11 is 0. The maximum atomic E-state index is 6.08. The molecule has 3 rings (SSSR count). The third-order valence-corrected chi connectivity index (χ3v) is 8.48. The summed E-state index contributed by atoms with van der Waals surface area (Å²) in [6.07, 6.45) is 24.1. The first kappa shape index (κ1) is 24.7. The Hall–Kier alpha value is -0.980. The van der Waals surface area contributed by atoms with Gasteiger partial charge in [-0.15, -0.1) is 0 Å². The van der Waals surface area contributed by atoms with Crippen molar-refractivity contribution in [3.8, 4) is 5.75 Å². The monoisotopic (exact) mass is 426 g/mol. The Morgan fingerprint density at radius 2 is 1.23 bits per heavy atom. The summed E-state index contributed by atoms with van der Waals surface area (Å²) in [5, 5.41) is 0. The summed E-state index contributed by atoms with van der Waals surface area (Å²) in [6.45, 7) is 5.54. The second-order valence-electron chi connectivity index (χ2n) is 10.8. The van der Waals surface area contributed by atoms with E-state index in [1.165, 1.54) is 115 Å². The predicted octanol–water partition coefficient (Wildman–Crippen LogP) is 9.70. The second-order valence-corrected chi connectivity index (χ2v) is 10.8. The molecule has 0 bridgehead atoms. The molecular formula is C30H50O. The first-order valence-corrected chi connectivity index (χ1v) is 14.0. The van der Waals surface area contributed by atoms with Crippen LogP contribution in [0.3, 0.4) is 0 Å². The summed E-state index contributed by atoms with van der Waals surface area (Å²) in [7, 11) is 0. The van der Waals surface area contributed by atoms with Crippen LogP contribution >= 0.6 is 0 Å². The Kier molecular flexibility index (Phi) is 11.3. The molecule has 0 aromatic heterocycles. The number of ether oxygens (including phenoxy) is 1. The molecule has 176 valence electrons. The highest BCUT2D eigenvalue weighted by atomic mass is 16.5. The molecule has 0 atom stereocenters. The van der Waals surface area contributed by atoms with E-state index in [2.05, 4.69) is 38.1 Å². The molecule has 2 saturated carbocycles. The molecule has 0 saturated heterocycles. The first-order valence-electron chi connectivity index (χ1n) is 14.0. The SMILES string of the molecule is CCCCCCCC1CCC(CCCOc2ccc(C3CCC(CC)CC3)cc2)CC1. The topological polar surface area (TPSA) is 9.23 Å². The minimum atomic E-state index is 0.781. The van der Waals surface area contributed by atoms with E-state index in [0.717, 1.165) is 36.0 Å². The second kappa shape index (κ2) is 14.2. The van der Waals surface area contributed by atoms with Gasteiger partial charge in [0, 0.05) is 0 Å². The average Bonchev–Trinajstić information content (AvgIpc) is 2.83. The van der Waals surface area contributed by atoms with E-state index in [-0.39, 0.29) is 0 Å². The van der Waals surface area contributed by atoms with Crippen molar-refractivity contribution in [2.75, 3.05) is 6.61 Å². The van der Waals surface area contributed by atoms with Gasteiger partial charge in [-0.3, -0.25) is 0 Å². The van der Waals surface area contributed by atoms with Gasteiger partial charge in [0.05, 0.1) is 6.61 Å². The van der Waals surface area contributed by atoms with Gasteiger partial charge >= 0.3 is 0 Å². The quantitative estimate of drug-likeness (QED) is 0.285. The molecule has 2 aliphatic rings. The van der Waals surface area contributed by atoms with E-state index in [1.54, 1.807) is 0 Å². The van der Waals surface area contributed by atoms with E-state index in [1.807, 2.05) is 0 Å². The minimum absolute atomic E-state index is 0.781. The standard InChI is InChI=1S/C30H50O/c1-3-5-6-7-8-10-26-12-14-27(15-13-26)11-9-24-31-30-22-20-29(21-23-30)28-18-16-25(4-2)17-19-28/h20-23,25-28H,3-19,24H2,1-2H3. The summed E-state index contributed by atoms with van der Waals surface area (Å²) in [4.78, 5) is 0. The van der Waals surface area contributed by atoms with Gasteiger partial charge in [0.2, 0.25) is 0 Å². The highest BCUT2D eigenvalue weighted by Gasteiger charge is 2.22. The van der Waals surface area contributed by atoms with Crippen LogP contribution in [0.2, 0.25) is 0 Å². The number of hydrogen-bond donors (Lipinski definition) is 0. The average molecular weight is 427 g/mol. The van der Waals surface area contributed by atoms with Crippen molar-refractivity contribution in [2.45, 2.75) is 129 Å². The van der Waals surface area contributed by atoms with Crippen molar-refractivity contribution in [1.29, 1.82) is 0 Å². The molecule has 2 fully saturated rings. The van der Waals surface area contributed by atoms with Crippen LogP contribution in [0, 0.1) is 17.8 Å². The van der Waals surface area contributed by atoms with E-state index in [0.29, 0.717) is 0 Å². The molecule has 0 amide bonds. The Morgan fingerprint density at radius 3 is 1.84 bits per heavy atom. The lowest BCUT2D eigenvalue weighted by Gasteiger charge is -2.28. The number of rotatable bonds is 13. The molecule has 1 heteroatoms. The van der Waals surface area contributed by atoms with Gasteiger partial charge in [0.25, 0.3) is 0 Å². The number of unbranched alkanes of at least 4 members (excludes halogenated alkanes) is 4. The Balaban J connectivity index is 1.24. The molecule has 2 aliphatic carbocycles. The van der Waals surface area contributed by atoms with Crippen LogP contribution in [0.4, 0.5) is 0 Å². The van der Waals surface area contributed by atoms with Crippen LogP contribution in [0.1, 0.15) is 134 Å². The van der Waals surface area contributed by atoms with Gasteiger partial charge in [-0.2, -0.15) is 0 Å². The van der Waals surface area contributed by atoms with Crippen molar-refractivity contribution in [2.24, 2.45) is 17.8 Å². The molecule has 1 aromatic rings. The fourth-order valence-corrected chi connectivity index (χ4v) is 6.15. The number of hydrogen-bond acceptors (Lipinski definition) is 1. The highest BCUT2D eigenvalue weighted by molar-refractivity contribution is 5.29. The summed E-state index contributed by atoms with van der Waals surface area (Å²) in [6, 6.07) is 9.09. The molecule has 0 unspecified atom stereocenters. The number of benzene rings is 1. The fourth-order valence-electron chi connectivity index (χ4n) is 6.15. The maximum Gasteiger partial charge on any atom is 0.119 e. The van der Waals surface area contributed by atoms with E-state index >= 15 is 0 Å². The predicted molar refractivity (Wildman–Crippen MR) is 135 cm³/mol. The zero-order valence-corrected chi connectivity index (χ0v) is 20.8. The minimum Gasteiger partial charge on any atom is -0.494 e. The Bertz CT molecular complexity index is 561. The van der Waals surface area contributed by atoms with E-state index in [9.17, 15) is 0 Å². The first-order chi connectivity index (χ1) is 15.3. The van der Waals surface area contributed by atoms with Crippen LogP contribution in [-0.2, 0) is 0 Å². The third kappa shape index (κ3) is 8.82. The summed E-state index contributed by atoms with van der Waals surface area (Å²) < 4.78 is 6.08. The van der Waals surface area contributed by atoms with E-state index < -0.39 is 0 Å². The van der Waals surface area contributed by atoms with Crippen molar-refractivity contribution in [3.63, 3.8) is 0 Å². The summed E-state index contributed by atoms with van der Waals surface area (Å²) in [5.41, 5.74) is 1.53. The Morgan fingerprint density at radius 1 is 0.645 bits per heavy atom. The smallest absolute Gasteiger partial charge is 0.119 e. The van der Waals surface area contributed by atoms with Crippen molar-refractivity contribution in [3.05, 3.63) is 29.8 Å². The molecule has 1 aromatic carbocycles. The largest absolute Gasteiger partial charge is 0.494 e. The van der Waals surface area contributed by atoms with Crippen LogP contribution in [0.15, 0.2) is 24.3 Å². The zero-order chi connectivity index (χ0) is 21.7. The van der Waals surface area contributed by atoms with Gasteiger partial charge in [0.15, 0.2) is 0 Å². The lowest BCUT2D eigenvalue weighted by Crippen LogP contribution is -2.15. The van der Waals surface area contributed by atoms with Gasteiger partial charge in [-0.25, -0.2) is 0 Å². The summed E-state index contributed by atoms with van der Waals surface area (Å²) in [5.74, 6) is 4.82. The van der Waals surface area contributed by atoms with Crippen molar-refractivity contribution >= 4 is 0 Å².